The Morgan fingerprint density at radius 1 is 0.750 bits per heavy atom. The molecule has 8 heteroatoms. The Kier molecular flexibility index (Phi) is 27.0. The van der Waals surface area contributed by atoms with Crippen LogP contribution in [0.1, 0.15) is 0 Å². The topological polar surface area (TPSA) is 92.2 Å². The van der Waals surface area contributed by atoms with Gasteiger partial charge in [0, 0.05) is 0 Å². The van der Waals surface area contributed by atoms with Gasteiger partial charge in [0.25, 0.3) is 0 Å². The monoisotopic (exact) mass is 186 g/mol. The fourth-order valence-corrected chi connectivity index (χ4v) is 0. The Morgan fingerprint density at radius 2 is 0.750 bits per heavy atom. The molecule has 0 aliphatic rings. The molecule has 0 unspecified atom stereocenters. The Labute approximate surface area is 110 Å². The molecule has 0 bridgehead atoms. The average Bonchev–Trinajstić information content (AvgIpc) is 0.722. The van der Waals surface area contributed by atoms with Gasteiger partial charge in [0.15, 0.2) is 0 Å². The molecule has 0 atom stereocenters. The van der Waals surface area contributed by atoms with Gasteiger partial charge in [-0.05, 0) is 0 Å². The molecule has 0 aliphatic heterocycles. The van der Waals surface area contributed by atoms with Gasteiger partial charge in [0.1, 0.15) is 0 Å². The summed E-state index contributed by atoms with van der Waals surface area (Å²) in [6.45, 7) is 0. The molecule has 4 nitrogen and oxygen atoms in total. The minimum absolute atomic E-state index is 0. The first-order valence-electron chi connectivity index (χ1n) is 0.816. The zero-order chi connectivity index (χ0) is 4.50. The predicted molar refractivity (Wildman–Crippen MR) is 27.2 cm³/mol. The molecular weight excluding hydrogens is 183 g/mol. The molecule has 0 aromatic rings. The minimum Gasteiger partial charge on any atom is -0.894 e. The summed E-state index contributed by atoms with van der Waals surface area (Å²) in [5.74, 6) is 0. The molecule has 0 radical (unpaired) electrons. The molecule has 0 saturated heterocycles. The standard InChI is InChI=1S/BH3.2Ca.O4Si/c;;;1-5(2,3)4/h1H3;;;/q;2*+2;-4. The van der Waals surface area contributed by atoms with Crippen LogP contribution in [0.15, 0.2) is 0 Å². The fraction of sp³-hybridized carbons (Fsp3) is 0. The minimum atomic E-state index is -5.61. The van der Waals surface area contributed by atoms with Crippen LogP contribution in [0.4, 0.5) is 0 Å². The molecule has 0 N–H and O–H groups in total. The van der Waals surface area contributed by atoms with Crippen molar-refractivity contribution in [1.29, 1.82) is 0 Å². The zero-order valence-corrected chi connectivity index (χ0v) is 8.96. The van der Waals surface area contributed by atoms with Crippen LogP contribution in [0.5, 0.6) is 0 Å². The summed E-state index contributed by atoms with van der Waals surface area (Å²) in [6.07, 6.45) is 0. The zero-order valence-electron chi connectivity index (χ0n) is 3.55. The average molecular weight is 186 g/mol. The van der Waals surface area contributed by atoms with Crippen LogP contribution in [0.2, 0.25) is 0 Å². The smallest absolute Gasteiger partial charge is 0.894 e. The van der Waals surface area contributed by atoms with Crippen LogP contribution in [-0.4, -0.2) is 92.9 Å². The van der Waals surface area contributed by atoms with Gasteiger partial charge in [0.2, 0.25) is 0 Å². The van der Waals surface area contributed by atoms with Crippen molar-refractivity contribution in [1.82, 2.24) is 0 Å². The van der Waals surface area contributed by atoms with Crippen LogP contribution >= 0.6 is 0 Å². The van der Waals surface area contributed by atoms with Crippen LogP contribution in [-0.2, 0) is 0 Å². The van der Waals surface area contributed by atoms with Crippen molar-refractivity contribution >= 4 is 92.9 Å². The third-order valence-electron chi connectivity index (χ3n) is 0. The number of hydrogen-bond acceptors (Lipinski definition) is 4. The van der Waals surface area contributed by atoms with Crippen LogP contribution in [0.25, 0.3) is 0 Å². The summed E-state index contributed by atoms with van der Waals surface area (Å²) < 4.78 is 0. The van der Waals surface area contributed by atoms with Crippen molar-refractivity contribution in [2.45, 2.75) is 0 Å². The maximum absolute atomic E-state index is 8.58. The van der Waals surface area contributed by atoms with E-state index in [0.717, 1.165) is 0 Å². The van der Waals surface area contributed by atoms with E-state index in [-0.39, 0.29) is 83.9 Å². The molecule has 0 aromatic carbocycles. The molecule has 0 aromatic heterocycles. The predicted octanol–water partition coefficient (Wildman–Crippen LogP) is -7.08. The molecule has 0 aliphatic carbocycles. The molecule has 0 spiro atoms. The Morgan fingerprint density at radius 3 is 0.750 bits per heavy atom. The van der Waals surface area contributed by atoms with E-state index in [9.17, 15) is 0 Å². The summed E-state index contributed by atoms with van der Waals surface area (Å²) in [4.78, 5) is 34.3. The molecule has 8 heavy (non-hydrogen) atoms. The van der Waals surface area contributed by atoms with Crippen molar-refractivity contribution in [2.24, 2.45) is 0 Å². The molecule has 0 amide bonds. The molecule has 0 fully saturated rings. The van der Waals surface area contributed by atoms with Crippen molar-refractivity contribution in [2.75, 3.05) is 0 Å². The van der Waals surface area contributed by atoms with Gasteiger partial charge in [-0.1, -0.05) is 0 Å². The van der Waals surface area contributed by atoms with E-state index in [0.29, 0.717) is 0 Å². The van der Waals surface area contributed by atoms with E-state index < -0.39 is 9.05 Å². The van der Waals surface area contributed by atoms with E-state index in [1.54, 1.807) is 0 Å². The second-order valence-corrected chi connectivity index (χ2v) is 1.50. The van der Waals surface area contributed by atoms with Gasteiger partial charge in [-0.3, -0.25) is 0 Å². The Hall–Kier alpha value is 2.64. The van der Waals surface area contributed by atoms with Crippen molar-refractivity contribution in [3.05, 3.63) is 0 Å². The summed E-state index contributed by atoms with van der Waals surface area (Å²) in [6, 6.07) is 0. The fourth-order valence-electron chi connectivity index (χ4n) is 0. The van der Waals surface area contributed by atoms with Crippen molar-refractivity contribution < 1.29 is 19.2 Å². The Balaban J connectivity index is -0.0000000267. The van der Waals surface area contributed by atoms with Crippen LogP contribution < -0.4 is 19.2 Å². The second-order valence-electron chi connectivity index (χ2n) is 0.500. The van der Waals surface area contributed by atoms with Crippen LogP contribution in [0.3, 0.4) is 0 Å². The van der Waals surface area contributed by atoms with E-state index >= 15 is 0 Å². The largest absolute Gasteiger partial charge is 2.00 e. The molecule has 38 valence electrons. The third-order valence-corrected chi connectivity index (χ3v) is 0. The van der Waals surface area contributed by atoms with Gasteiger partial charge < -0.3 is 28.2 Å². The summed E-state index contributed by atoms with van der Waals surface area (Å²) in [5, 5.41) is 0. The van der Waals surface area contributed by atoms with E-state index in [1.807, 2.05) is 0 Å². The third kappa shape index (κ3) is 72.3. The maximum atomic E-state index is 8.58. The van der Waals surface area contributed by atoms with Gasteiger partial charge >= 0.3 is 75.5 Å². The normalized spacial score (nSPS) is 7.50. The SMILES string of the molecule is B.[Ca+2].[Ca+2].[O-][Si]([O-])([O-])[O-]. The van der Waals surface area contributed by atoms with Gasteiger partial charge in [-0.25, -0.2) is 0 Å². The van der Waals surface area contributed by atoms with Crippen LogP contribution in [0, 0.1) is 0 Å². The maximum Gasteiger partial charge on any atom is 2.00 e. The quantitative estimate of drug-likeness (QED) is 0.351. The van der Waals surface area contributed by atoms with E-state index in [4.69, 9.17) is 19.2 Å². The number of rotatable bonds is 0. The van der Waals surface area contributed by atoms with Gasteiger partial charge in [0.05, 0.1) is 8.41 Å². The first-order valence-corrected chi connectivity index (χ1v) is 2.45. The van der Waals surface area contributed by atoms with E-state index in [2.05, 4.69) is 0 Å². The first kappa shape index (κ1) is 22.4. The van der Waals surface area contributed by atoms with E-state index in [1.165, 1.54) is 0 Å². The molecule has 0 saturated carbocycles. The molecule has 0 heterocycles. The van der Waals surface area contributed by atoms with Crippen molar-refractivity contribution in [3.63, 3.8) is 0 Å². The van der Waals surface area contributed by atoms with Gasteiger partial charge in [-0.15, -0.1) is 0 Å². The second kappa shape index (κ2) is 9.64. The summed E-state index contributed by atoms with van der Waals surface area (Å²) >= 11 is 0. The molecular formula is H3BCa2O4Si. The van der Waals surface area contributed by atoms with Crippen molar-refractivity contribution in [3.8, 4) is 0 Å². The number of hydrogen-bond donors (Lipinski definition) is 0. The molecule has 0 rings (SSSR count). The summed E-state index contributed by atoms with van der Waals surface area (Å²) in [7, 11) is -5.61. The summed E-state index contributed by atoms with van der Waals surface area (Å²) in [5.41, 5.74) is 0. The first-order chi connectivity index (χ1) is 2.00. The Bertz CT molecular complexity index is 29.5. The van der Waals surface area contributed by atoms with Gasteiger partial charge in [-0.2, -0.15) is 0 Å².